The van der Waals surface area contributed by atoms with Gasteiger partial charge in [-0.1, -0.05) is 0 Å². The van der Waals surface area contributed by atoms with Crippen molar-refractivity contribution in [1.82, 2.24) is 4.98 Å². The average Bonchev–Trinajstić information content (AvgIpc) is 2.92. The second-order valence-electron chi connectivity index (χ2n) is 3.40. The van der Waals surface area contributed by atoms with Gasteiger partial charge in [0.2, 0.25) is 0 Å². The Balaban J connectivity index is 2.21. The molecule has 2 rings (SSSR count). The molecular formula is C10H11NO3. The summed E-state index contributed by atoms with van der Waals surface area (Å²) in [7, 11) is 0. The maximum absolute atomic E-state index is 10.6. The SMILES string of the molecule is Cc1nc(C(=O)O)ccc1OC1CC1. The van der Waals surface area contributed by atoms with Gasteiger partial charge in [0.25, 0.3) is 0 Å². The Morgan fingerprint density at radius 1 is 1.57 bits per heavy atom. The molecule has 1 fully saturated rings. The van der Waals surface area contributed by atoms with Crippen molar-refractivity contribution in [1.29, 1.82) is 0 Å². The van der Waals surface area contributed by atoms with E-state index in [0.29, 0.717) is 17.5 Å². The van der Waals surface area contributed by atoms with Gasteiger partial charge < -0.3 is 9.84 Å². The lowest BCUT2D eigenvalue weighted by Crippen LogP contribution is -2.04. The lowest BCUT2D eigenvalue weighted by molar-refractivity contribution is 0.0690. The van der Waals surface area contributed by atoms with Gasteiger partial charge in [-0.05, 0) is 31.9 Å². The summed E-state index contributed by atoms with van der Waals surface area (Å²) in [6.07, 6.45) is 2.48. The maximum Gasteiger partial charge on any atom is 0.354 e. The Bertz CT molecular complexity index is 372. The predicted molar refractivity (Wildman–Crippen MR) is 49.6 cm³/mol. The van der Waals surface area contributed by atoms with E-state index in [-0.39, 0.29) is 5.69 Å². The van der Waals surface area contributed by atoms with Gasteiger partial charge in [0.1, 0.15) is 11.4 Å². The number of pyridine rings is 1. The summed E-state index contributed by atoms with van der Waals surface area (Å²) in [6, 6.07) is 3.14. The summed E-state index contributed by atoms with van der Waals surface area (Å²) in [5.41, 5.74) is 0.697. The van der Waals surface area contributed by atoms with Crippen LogP contribution in [0, 0.1) is 6.92 Å². The van der Waals surface area contributed by atoms with E-state index in [2.05, 4.69) is 4.98 Å². The van der Waals surface area contributed by atoms with Gasteiger partial charge in [-0.2, -0.15) is 0 Å². The third-order valence-corrected chi connectivity index (χ3v) is 2.07. The van der Waals surface area contributed by atoms with Crippen LogP contribution in [0.15, 0.2) is 12.1 Å². The number of aryl methyl sites for hydroxylation is 1. The minimum atomic E-state index is -1.01. The largest absolute Gasteiger partial charge is 0.489 e. The number of aromatic nitrogens is 1. The van der Waals surface area contributed by atoms with Crippen LogP contribution in [-0.2, 0) is 0 Å². The molecule has 0 bridgehead atoms. The van der Waals surface area contributed by atoms with Crippen molar-refractivity contribution in [2.24, 2.45) is 0 Å². The van der Waals surface area contributed by atoms with Crippen molar-refractivity contribution in [2.45, 2.75) is 25.9 Å². The lowest BCUT2D eigenvalue weighted by atomic mass is 10.3. The van der Waals surface area contributed by atoms with Gasteiger partial charge >= 0.3 is 5.97 Å². The van der Waals surface area contributed by atoms with Crippen molar-refractivity contribution in [3.63, 3.8) is 0 Å². The van der Waals surface area contributed by atoms with Crippen LogP contribution in [-0.4, -0.2) is 22.2 Å². The molecular weight excluding hydrogens is 182 g/mol. The molecule has 1 aromatic heterocycles. The Labute approximate surface area is 81.5 Å². The number of carboxylic acid groups (broad SMARTS) is 1. The second kappa shape index (κ2) is 3.29. The highest BCUT2D eigenvalue weighted by molar-refractivity contribution is 5.85. The first-order valence-corrected chi connectivity index (χ1v) is 4.54. The number of ether oxygens (including phenoxy) is 1. The van der Waals surface area contributed by atoms with Crippen LogP contribution >= 0.6 is 0 Å². The van der Waals surface area contributed by atoms with Gasteiger partial charge in [0.05, 0.1) is 11.8 Å². The van der Waals surface area contributed by atoms with Crippen LogP contribution in [0.1, 0.15) is 29.0 Å². The van der Waals surface area contributed by atoms with E-state index in [9.17, 15) is 4.79 Å². The molecule has 0 atom stereocenters. The number of carbonyl (C=O) groups is 1. The molecule has 1 N–H and O–H groups in total. The summed E-state index contributed by atoms with van der Waals surface area (Å²) in [5.74, 6) is -0.316. The first-order valence-electron chi connectivity index (χ1n) is 4.54. The first-order chi connectivity index (χ1) is 6.66. The molecule has 0 spiro atoms. The summed E-state index contributed by atoms with van der Waals surface area (Å²) in [5, 5.41) is 8.69. The molecule has 14 heavy (non-hydrogen) atoms. The standard InChI is InChI=1S/C10H11NO3/c1-6-9(14-7-2-3-7)5-4-8(11-6)10(12)13/h4-5,7H,2-3H2,1H3,(H,12,13). The van der Waals surface area contributed by atoms with E-state index >= 15 is 0 Å². The van der Waals surface area contributed by atoms with Crippen LogP contribution in [0.5, 0.6) is 5.75 Å². The Kier molecular flexibility index (Phi) is 2.11. The van der Waals surface area contributed by atoms with Gasteiger partial charge in [0.15, 0.2) is 0 Å². The van der Waals surface area contributed by atoms with E-state index in [4.69, 9.17) is 9.84 Å². The minimum Gasteiger partial charge on any atom is -0.489 e. The van der Waals surface area contributed by atoms with E-state index in [1.165, 1.54) is 6.07 Å². The highest BCUT2D eigenvalue weighted by Crippen LogP contribution is 2.28. The monoisotopic (exact) mass is 193 g/mol. The molecule has 74 valence electrons. The fourth-order valence-corrected chi connectivity index (χ4v) is 1.16. The number of hydrogen-bond acceptors (Lipinski definition) is 3. The molecule has 1 heterocycles. The van der Waals surface area contributed by atoms with E-state index < -0.39 is 5.97 Å². The number of rotatable bonds is 3. The van der Waals surface area contributed by atoms with Gasteiger partial charge in [0, 0.05) is 0 Å². The zero-order valence-electron chi connectivity index (χ0n) is 7.86. The molecule has 1 aliphatic carbocycles. The van der Waals surface area contributed by atoms with Crippen LogP contribution in [0.4, 0.5) is 0 Å². The van der Waals surface area contributed by atoms with Crippen molar-refractivity contribution >= 4 is 5.97 Å². The van der Waals surface area contributed by atoms with Crippen molar-refractivity contribution in [3.8, 4) is 5.75 Å². The van der Waals surface area contributed by atoms with Crippen LogP contribution in [0.3, 0.4) is 0 Å². The molecule has 4 heteroatoms. The van der Waals surface area contributed by atoms with E-state index in [1.807, 2.05) is 0 Å². The normalized spacial score (nSPS) is 15.2. The van der Waals surface area contributed by atoms with Gasteiger partial charge in [-0.3, -0.25) is 0 Å². The fraction of sp³-hybridized carbons (Fsp3) is 0.400. The fourth-order valence-electron chi connectivity index (χ4n) is 1.16. The van der Waals surface area contributed by atoms with Crippen LogP contribution < -0.4 is 4.74 Å². The lowest BCUT2D eigenvalue weighted by Gasteiger charge is -2.07. The molecule has 1 aromatic rings. The highest BCUT2D eigenvalue weighted by atomic mass is 16.5. The molecule has 1 aliphatic rings. The maximum atomic E-state index is 10.6. The number of nitrogens with zero attached hydrogens (tertiary/aromatic N) is 1. The first kappa shape index (κ1) is 8.99. The minimum absolute atomic E-state index is 0.0608. The van der Waals surface area contributed by atoms with Gasteiger partial charge in [-0.15, -0.1) is 0 Å². The Hall–Kier alpha value is -1.58. The zero-order valence-corrected chi connectivity index (χ0v) is 7.86. The van der Waals surface area contributed by atoms with Crippen molar-refractivity contribution in [3.05, 3.63) is 23.5 Å². The second-order valence-corrected chi connectivity index (χ2v) is 3.40. The van der Waals surface area contributed by atoms with E-state index in [0.717, 1.165) is 12.8 Å². The highest BCUT2D eigenvalue weighted by Gasteiger charge is 2.24. The summed E-state index contributed by atoms with van der Waals surface area (Å²) >= 11 is 0. The molecule has 0 unspecified atom stereocenters. The molecule has 0 radical (unpaired) electrons. The molecule has 0 aromatic carbocycles. The molecule has 4 nitrogen and oxygen atoms in total. The smallest absolute Gasteiger partial charge is 0.354 e. The number of carboxylic acids is 1. The van der Waals surface area contributed by atoms with Crippen molar-refractivity contribution in [2.75, 3.05) is 0 Å². The summed E-state index contributed by atoms with van der Waals surface area (Å²) in [4.78, 5) is 14.5. The third-order valence-electron chi connectivity index (χ3n) is 2.07. The summed E-state index contributed by atoms with van der Waals surface area (Å²) in [6.45, 7) is 1.75. The zero-order chi connectivity index (χ0) is 10.1. The van der Waals surface area contributed by atoms with Crippen molar-refractivity contribution < 1.29 is 14.6 Å². The third kappa shape index (κ3) is 1.84. The number of hydrogen-bond donors (Lipinski definition) is 1. The summed E-state index contributed by atoms with van der Waals surface area (Å²) < 4.78 is 5.54. The molecule has 0 saturated heterocycles. The Morgan fingerprint density at radius 3 is 2.79 bits per heavy atom. The van der Waals surface area contributed by atoms with Crippen LogP contribution in [0.2, 0.25) is 0 Å². The topological polar surface area (TPSA) is 59.4 Å². The average molecular weight is 193 g/mol. The quantitative estimate of drug-likeness (QED) is 0.792. The molecule has 1 saturated carbocycles. The van der Waals surface area contributed by atoms with E-state index in [1.54, 1.807) is 13.0 Å². The van der Waals surface area contributed by atoms with Gasteiger partial charge in [-0.25, -0.2) is 9.78 Å². The number of aromatic carboxylic acids is 1. The molecule has 0 amide bonds. The van der Waals surface area contributed by atoms with Crippen LogP contribution in [0.25, 0.3) is 0 Å². The predicted octanol–water partition coefficient (Wildman–Crippen LogP) is 1.63. The molecule has 0 aliphatic heterocycles. The Morgan fingerprint density at radius 2 is 2.29 bits per heavy atom.